The van der Waals surface area contributed by atoms with Crippen molar-refractivity contribution in [1.29, 1.82) is 0 Å². The highest BCUT2D eigenvalue weighted by Gasteiger charge is 2.25. The number of H-pyrrole nitrogens is 1. The molecule has 2 aromatic rings. The number of ether oxygens (including phenoxy) is 2. The zero-order valence-corrected chi connectivity index (χ0v) is 15.5. The molecule has 6 heteroatoms. The Morgan fingerprint density at radius 3 is 2.68 bits per heavy atom. The number of hydrogen-bond acceptors (Lipinski definition) is 4. The fourth-order valence-corrected chi connectivity index (χ4v) is 2.61. The van der Waals surface area contributed by atoms with Crippen LogP contribution >= 0.6 is 0 Å². The molecule has 0 aliphatic carbocycles. The van der Waals surface area contributed by atoms with Crippen molar-refractivity contribution < 1.29 is 14.3 Å². The zero-order valence-electron chi connectivity index (χ0n) is 15.5. The van der Waals surface area contributed by atoms with E-state index in [4.69, 9.17) is 9.47 Å². The molecule has 0 saturated carbocycles. The Labute approximate surface area is 149 Å². The van der Waals surface area contributed by atoms with E-state index in [0.717, 1.165) is 23.3 Å². The normalized spacial score (nSPS) is 15.0. The summed E-state index contributed by atoms with van der Waals surface area (Å²) in [6.45, 7) is 9.45. The second-order valence-electron chi connectivity index (χ2n) is 6.22. The standard InChI is InChI=1S/C19H29N3O3/c1-5-13(3)17(18-20-15-9-7-8-10-16(15)21-18)22-19(23)14(4)25-12-11-24-6-2/h7-10,13-14,17H,5-6,11-12H2,1-4H3,(H,20,21)(H,22,23). The van der Waals surface area contributed by atoms with Gasteiger partial charge in [-0.05, 0) is 31.9 Å². The number of rotatable bonds is 10. The van der Waals surface area contributed by atoms with Gasteiger partial charge in [0.15, 0.2) is 0 Å². The van der Waals surface area contributed by atoms with Crippen LogP contribution in [0, 0.1) is 5.92 Å². The quantitative estimate of drug-likeness (QED) is 0.647. The minimum Gasteiger partial charge on any atom is -0.379 e. The second kappa shape index (κ2) is 9.53. The van der Waals surface area contributed by atoms with Crippen molar-refractivity contribution in [3.05, 3.63) is 30.1 Å². The highest BCUT2D eigenvalue weighted by atomic mass is 16.5. The molecular weight excluding hydrogens is 318 g/mol. The maximum absolute atomic E-state index is 12.5. The molecule has 1 aromatic heterocycles. The molecule has 0 aliphatic heterocycles. The van der Waals surface area contributed by atoms with Crippen molar-refractivity contribution in [3.8, 4) is 0 Å². The number of nitrogens with one attached hydrogen (secondary N) is 2. The van der Waals surface area contributed by atoms with Crippen LogP contribution in [0.25, 0.3) is 11.0 Å². The SMILES string of the molecule is CCOCCOC(C)C(=O)NC(c1nc2ccccc2[nH]1)C(C)CC. The van der Waals surface area contributed by atoms with Gasteiger partial charge in [0.2, 0.25) is 5.91 Å². The van der Waals surface area contributed by atoms with Crippen molar-refractivity contribution in [3.63, 3.8) is 0 Å². The van der Waals surface area contributed by atoms with Gasteiger partial charge >= 0.3 is 0 Å². The van der Waals surface area contributed by atoms with Gasteiger partial charge in [-0.3, -0.25) is 4.79 Å². The average Bonchev–Trinajstić information content (AvgIpc) is 3.05. The Balaban J connectivity index is 2.05. The van der Waals surface area contributed by atoms with Crippen LogP contribution in [0.4, 0.5) is 0 Å². The molecule has 0 saturated heterocycles. The van der Waals surface area contributed by atoms with Crippen molar-refractivity contribution in [2.75, 3.05) is 19.8 Å². The van der Waals surface area contributed by atoms with E-state index in [-0.39, 0.29) is 17.9 Å². The molecule has 1 amide bonds. The van der Waals surface area contributed by atoms with Crippen LogP contribution in [0.2, 0.25) is 0 Å². The van der Waals surface area contributed by atoms with Gasteiger partial charge in [0, 0.05) is 6.61 Å². The summed E-state index contributed by atoms with van der Waals surface area (Å²) in [5.74, 6) is 0.896. The van der Waals surface area contributed by atoms with E-state index in [0.29, 0.717) is 19.8 Å². The number of aromatic amines is 1. The Bertz CT molecular complexity index is 638. The largest absolute Gasteiger partial charge is 0.379 e. The van der Waals surface area contributed by atoms with Gasteiger partial charge in [-0.25, -0.2) is 4.98 Å². The summed E-state index contributed by atoms with van der Waals surface area (Å²) < 4.78 is 10.8. The van der Waals surface area contributed by atoms with Crippen molar-refractivity contribution in [1.82, 2.24) is 15.3 Å². The van der Waals surface area contributed by atoms with Gasteiger partial charge < -0.3 is 19.8 Å². The highest BCUT2D eigenvalue weighted by Crippen LogP contribution is 2.24. The van der Waals surface area contributed by atoms with E-state index in [1.54, 1.807) is 6.92 Å². The predicted octanol–water partition coefficient (Wildman–Crippen LogP) is 3.21. The summed E-state index contributed by atoms with van der Waals surface area (Å²) in [5.41, 5.74) is 1.88. The van der Waals surface area contributed by atoms with E-state index in [9.17, 15) is 4.79 Å². The molecule has 3 unspecified atom stereocenters. The van der Waals surface area contributed by atoms with Gasteiger partial charge in [0.05, 0.1) is 30.3 Å². The van der Waals surface area contributed by atoms with Gasteiger partial charge in [0.25, 0.3) is 0 Å². The van der Waals surface area contributed by atoms with Crippen LogP contribution in [0.5, 0.6) is 0 Å². The smallest absolute Gasteiger partial charge is 0.249 e. The van der Waals surface area contributed by atoms with Crippen LogP contribution in [0.3, 0.4) is 0 Å². The molecule has 0 spiro atoms. The van der Waals surface area contributed by atoms with Gasteiger partial charge in [-0.15, -0.1) is 0 Å². The number of imidazole rings is 1. The van der Waals surface area contributed by atoms with E-state index in [1.165, 1.54) is 0 Å². The molecule has 3 atom stereocenters. The van der Waals surface area contributed by atoms with Crippen molar-refractivity contribution >= 4 is 16.9 Å². The average molecular weight is 347 g/mol. The molecule has 0 bridgehead atoms. The van der Waals surface area contributed by atoms with Crippen LogP contribution in [0.15, 0.2) is 24.3 Å². The predicted molar refractivity (Wildman–Crippen MR) is 98.3 cm³/mol. The number of benzene rings is 1. The van der Waals surface area contributed by atoms with E-state index in [2.05, 4.69) is 29.1 Å². The lowest BCUT2D eigenvalue weighted by Crippen LogP contribution is -2.40. The first kappa shape index (κ1) is 19.4. The molecular formula is C19H29N3O3. The molecule has 6 nitrogen and oxygen atoms in total. The highest BCUT2D eigenvalue weighted by molar-refractivity contribution is 5.81. The van der Waals surface area contributed by atoms with E-state index >= 15 is 0 Å². The van der Waals surface area contributed by atoms with Crippen molar-refractivity contribution in [2.45, 2.75) is 46.3 Å². The minimum absolute atomic E-state index is 0.137. The minimum atomic E-state index is -0.531. The molecule has 1 heterocycles. The van der Waals surface area contributed by atoms with Gasteiger partial charge in [-0.1, -0.05) is 32.4 Å². The summed E-state index contributed by atoms with van der Waals surface area (Å²) in [5, 5.41) is 3.09. The maximum atomic E-state index is 12.5. The van der Waals surface area contributed by atoms with Crippen LogP contribution in [-0.4, -0.2) is 41.8 Å². The summed E-state index contributed by atoms with van der Waals surface area (Å²) >= 11 is 0. The number of fused-ring (bicyclic) bond motifs is 1. The van der Waals surface area contributed by atoms with Crippen molar-refractivity contribution in [2.24, 2.45) is 5.92 Å². The van der Waals surface area contributed by atoms with Gasteiger partial charge in [0.1, 0.15) is 11.9 Å². The second-order valence-corrected chi connectivity index (χ2v) is 6.22. The third kappa shape index (κ3) is 5.28. The molecule has 2 rings (SSSR count). The maximum Gasteiger partial charge on any atom is 0.249 e. The number of para-hydroxylation sites is 2. The molecule has 2 N–H and O–H groups in total. The number of hydrogen-bond donors (Lipinski definition) is 2. The first-order valence-electron chi connectivity index (χ1n) is 9.01. The molecule has 1 aromatic carbocycles. The van der Waals surface area contributed by atoms with E-state index < -0.39 is 6.10 Å². The fourth-order valence-electron chi connectivity index (χ4n) is 2.61. The van der Waals surface area contributed by atoms with E-state index in [1.807, 2.05) is 31.2 Å². The lowest BCUT2D eigenvalue weighted by Gasteiger charge is -2.24. The number of nitrogens with zero attached hydrogens (tertiary/aromatic N) is 1. The summed E-state index contributed by atoms with van der Waals surface area (Å²) in [6, 6.07) is 7.70. The Morgan fingerprint density at radius 2 is 2.00 bits per heavy atom. The third-order valence-electron chi connectivity index (χ3n) is 4.38. The Kier molecular flexibility index (Phi) is 7.40. The number of amides is 1. The van der Waals surface area contributed by atoms with Crippen LogP contribution < -0.4 is 5.32 Å². The number of carbonyl (C=O) groups excluding carboxylic acids is 1. The fraction of sp³-hybridized carbons (Fsp3) is 0.579. The van der Waals surface area contributed by atoms with Crippen LogP contribution in [0.1, 0.15) is 46.0 Å². The summed E-state index contributed by atoms with van der Waals surface area (Å²) in [6.07, 6.45) is 0.401. The topological polar surface area (TPSA) is 76.2 Å². The molecule has 138 valence electrons. The lowest BCUT2D eigenvalue weighted by molar-refractivity contribution is -0.133. The molecule has 25 heavy (non-hydrogen) atoms. The zero-order chi connectivity index (χ0) is 18.2. The molecule has 0 fully saturated rings. The Hall–Kier alpha value is -1.92. The molecule has 0 radical (unpaired) electrons. The molecule has 0 aliphatic rings. The summed E-state index contributed by atoms with van der Waals surface area (Å²) in [4.78, 5) is 20.5. The Morgan fingerprint density at radius 1 is 1.24 bits per heavy atom. The summed E-state index contributed by atoms with van der Waals surface area (Å²) in [7, 11) is 0. The first-order chi connectivity index (χ1) is 12.1. The number of aromatic nitrogens is 2. The number of carbonyl (C=O) groups is 1. The lowest BCUT2D eigenvalue weighted by atomic mass is 9.98. The first-order valence-corrected chi connectivity index (χ1v) is 9.01. The third-order valence-corrected chi connectivity index (χ3v) is 4.38. The van der Waals surface area contributed by atoms with Crippen LogP contribution in [-0.2, 0) is 14.3 Å². The van der Waals surface area contributed by atoms with Gasteiger partial charge in [-0.2, -0.15) is 0 Å². The monoisotopic (exact) mass is 347 g/mol.